The molecule has 1 amide bonds. The average molecular weight is 249 g/mol. The zero-order chi connectivity index (χ0) is 13.1. The molecule has 1 saturated heterocycles. The van der Waals surface area contributed by atoms with E-state index in [0.29, 0.717) is 11.5 Å². The molecule has 18 heavy (non-hydrogen) atoms. The van der Waals surface area contributed by atoms with Gasteiger partial charge in [-0.2, -0.15) is 0 Å². The summed E-state index contributed by atoms with van der Waals surface area (Å²) in [6, 6.07) is 6.03. The van der Waals surface area contributed by atoms with Gasteiger partial charge in [-0.05, 0) is 30.5 Å². The van der Waals surface area contributed by atoms with Gasteiger partial charge in [-0.15, -0.1) is 0 Å². The first-order valence-corrected chi connectivity index (χ1v) is 6.16. The van der Waals surface area contributed by atoms with Crippen LogP contribution in [0.2, 0.25) is 0 Å². The third-order valence-corrected chi connectivity index (χ3v) is 3.45. The van der Waals surface area contributed by atoms with E-state index < -0.39 is 0 Å². The summed E-state index contributed by atoms with van der Waals surface area (Å²) in [5.74, 6) is 1.56. The van der Waals surface area contributed by atoms with Crippen molar-refractivity contribution in [2.24, 2.45) is 0 Å². The Labute approximate surface area is 107 Å². The van der Waals surface area contributed by atoms with Gasteiger partial charge in [0.25, 0.3) is 0 Å². The van der Waals surface area contributed by atoms with E-state index in [1.807, 2.05) is 23.1 Å². The molecule has 1 aliphatic heterocycles. The molecule has 0 spiro atoms. The van der Waals surface area contributed by atoms with Crippen molar-refractivity contribution in [1.29, 1.82) is 0 Å². The van der Waals surface area contributed by atoms with Crippen LogP contribution in [0.4, 0.5) is 0 Å². The lowest BCUT2D eigenvalue weighted by molar-refractivity contribution is -0.129. The van der Waals surface area contributed by atoms with Crippen molar-refractivity contribution in [2.45, 2.75) is 25.8 Å². The topological polar surface area (TPSA) is 38.8 Å². The molecule has 1 aromatic carbocycles. The summed E-state index contributed by atoms with van der Waals surface area (Å²) in [4.78, 5) is 13.5. The standard InChI is InChI=1S/C14H19NO3/c1-10(16)15-8-4-5-12(15)11-6-7-13(17-2)14(9-11)18-3/h6-7,9,12H,4-5,8H2,1-3H3/t12-/m1/s1. The predicted octanol–water partition coefficient (Wildman–Crippen LogP) is 2.39. The molecule has 0 aromatic heterocycles. The van der Waals surface area contributed by atoms with Gasteiger partial charge in [0, 0.05) is 13.5 Å². The minimum Gasteiger partial charge on any atom is -0.493 e. The van der Waals surface area contributed by atoms with Crippen molar-refractivity contribution in [3.8, 4) is 11.5 Å². The van der Waals surface area contributed by atoms with E-state index in [4.69, 9.17) is 9.47 Å². The van der Waals surface area contributed by atoms with Gasteiger partial charge < -0.3 is 14.4 Å². The van der Waals surface area contributed by atoms with Crippen LogP contribution >= 0.6 is 0 Å². The normalized spacial score (nSPS) is 18.8. The Hall–Kier alpha value is -1.71. The van der Waals surface area contributed by atoms with Crippen LogP contribution in [0.3, 0.4) is 0 Å². The summed E-state index contributed by atoms with van der Waals surface area (Å²) in [5, 5.41) is 0. The molecule has 1 aliphatic rings. The van der Waals surface area contributed by atoms with Gasteiger partial charge in [0.1, 0.15) is 0 Å². The van der Waals surface area contributed by atoms with Gasteiger partial charge in [-0.25, -0.2) is 0 Å². The molecule has 98 valence electrons. The summed E-state index contributed by atoms with van der Waals surface area (Å²) >= 11 is 0. The summed E-state index contributed by atoms with van der Waals surface area (Å²) < 4.78 is 10.5. The van der Waals surface area contributed by atoms with Crippen LogP contribution in [0.1, 0.15) is 31.4 Å². The second-order valence-corrected chi connectivity index (χ2v) is 4.48. The average Bonchev–Trinajstić information content (AvgIpc) is 2.87. The smallest absolute Gasteiger partial charge is 0.219 e. The Kier molecular flexibility index (Phi) is 3.75. The number of carbonyl (C=O) groups excluding carboxylic acids is 1. The maximum atomic E-state index is 11.6. The van der Waals surface area contributed by atoms with Gasteiger partial charge >= 0.3 is 0 Å². The zero-order valence-corrected chi connectivity index (χ0v) is 11.1. The SMILES string of the molecule is COc1ccc([C@H]2CCCN2C(C)=O)cc1OC. The monoisotopic (exact) mass is 249 g/mol. The highest BCUT2D eigenvalue weighted by molar-refractivity contribution is 5.74. The molecular formula is C14H19NO3. The minimum atomic E-state index is 0.132. The Bertz CT molecular complexity index is 445. The number of hydrogen-bond donors (Lipinski definition) is 0. The van der Waals surface area contributed by atoms with Gasteiger partial charge in [-0.1, -0.05) is 6.07 Å². The van der Waals surface area contributed by atoms with Crippen molar-refractivity contribution in [3.63, 3.8) is 0 Å². The van der Waals surface area contributed by atoms with Gasteiger partial charge in [0.2, 0.25) is 5.91 Å². The summed E-state index contributed by atoms with van der Waals surface area (Å²) in [5.41, 5.74) is 1.11. The van der Waals surface area contributed by atoms with E-state index in [0.717, 1.165) is 24.9 Å². The fourth-order valence-electron chi connectivity index (χ4n) is 2.55. The molecule has 1 fully saturated rings. The van der Waals surface area contributed by atoms with Gasteiger partial charge in [-0.3, -0.25) is 4.79 Å². The van der Waals surface area contributed by atoms with E-state index in [2.05, 4.69) is 0 Å². The van der Waals surface area contributed by atoms with Gasteiger partial charge in [0.15, 0.2) is 11.5 Å². The molecule has 0 N–H and O–H groups in total. The van der Waals surface area contributed by atoms with Crippen LogP contribution in [0, 0.1) is 0 Å². The molecule has 0 unspecified atom stereocenters. The van der Waals surface area contributed by atoms with Crippen LogP contribution in [0.15, 0.2) is 18.2 Å². The number of rotatable bonds is 3. The molecule has 1 heterocycles. The van der Waals surface area contributed by atoms with Crippen molar-refractivity contribution in [1.82, 2.24) is 4.90 Å². The summed E-state index contributed by atoms with van der Waals surface area (Å²) in [6.07, 6.45) is 2.06. The van der Waals surface area contributed by atoms with Crippen LogP contribution in [-0.2, 0) is 4.79 Å². The number of likely N-dealkylation sites (tertiary alicyclic amines) is 1. The number of hydrogen-bond acceptors (Lipinski definition) is 3. The fraction of sp³-hybridized carbons (Fsp3) is 0.500. The number of nitrogens with zero attached hydrogens (tertiary/aromatic N) is 1. The lowest BCUT2D eigenvalue weighted by atomic mass is 10.0. The van der Waals surface area contributed by atoms with Crippen LogP contribution in [-0.4, -0.2) is 31.6 Å². The lowest BCUT2D eigenvalue weighted by Gasteiger charge is -2.24. The molecule has 0 radical (unpaired) electrons. The largest absolute Gasteiger partial charge is 0.493 e. The van der Waals surface area contributed by atoms with Crippen molar-refractivity contribution in [3.05, 3.63) is 23.8 Å². The first kappa shape index (κ1) is 12.7. The summed E-state index contributed by atoms with van der Waals surface area (Å²) in [6.45, 7) is 2.47. The van der Waals surface area contributed by atoms with Crippen LogP contribution in [0.5, 0.6) is 11.5 Å². The summed E-state index contributed by atoms with van der Waals surface area (Å²) in [7, 11) is 3.24. The second-order valence-electron chi connectivity index (χ2n) is 4.48. The Morgan fingerprint density at radius 2 is 2.00 bits per heavy atom. The van der Waals surface area contributed by atoms with Crippen molar-refractivity contribution >= 4 is 5.91 Å². The number of carbonyl (C=O) groups is 1. The van der Waals surface area contributed by atoms with E-state index >= 15 is 0 Å². The molecule has 4 heteroatoms. The quantitative estimate of drug-likeness (QED) is 0.825. The fourth-order valence-corrected chi connectivity index (χ4v) is 2.55. The molecule has 0 aliphatic carbocycles. The van der Waals surface area contributed by atoms with Crippen LogP contribution in [0.25, 0.3) is 0 Å². The highest BCUT2D eigenvalue weighted by Gasteiger charge is 2.28. The highest BCUT2D eigenvalue weighted by atomic mass is 16.5. The third-order valence-electron chi connectivity index (χ3n) is 3.45. The molecule has 1 aromatic rings. The Balaban J connectivity index is 2.30. The molecule has 1 atom stereocenters. The Morgan fingerprint density at radius 3 is 2.61 bits per heavy atom. The van der Waals surface area contributed by atoms with Crippen molar-refractivity contribution in [2.75, 3.05) is 20.8 Å². The molecule has 4 nitrogen and oxygen atoms in total. The number of amides is 1. The first-order valence-electron chi connectivity index (χ1n) is 6.16. The maximum Gasteiger partial charge on any atom is 0.219 e. The van der Waals surface area contributed by atoms with E-state index in [-0.39, 0.29) is 11.9 Å². The van der Waals surface area contributed by atoms with E-state index in [1.165, 1.54) is 0 Å². The number of ether oxygens (including phenoxy) is 2. The third kappa shape index (κ3) is 2.28. The molecule has 0 saturated carbocycles. The van der Waals surface area contributed by atoms with Gasteiger partial charge in [0.05, 0.1) is 20.3 Å². The Morgan fingerprint density at radius 1 is 1.28 bits per heavy atom. The molecule has 0 bridgehead atoms. The lowest BCUT2D eigenvalue weighted by Crippen LogP contribution is -2.28. The minimum absolute atomic E-state index is 0.132. The van der Waals surface area contributed by atoms with E-state index in [9.17, 15) is 4.79 Å². The molecule has 2 rings (SSSR count). The first-order chi connectivity index (χ1) is 8.67. The molecular weight excluding hydrogens is 230 g/mol. The highest BCUT2D eigenvalue weighted by Crippen LogP contribution is 2.36. The maximum absolute atomic E-state index is 11.6. The number of methoxy groups -OCH3 is 2. The van der Waals surface area contributed by atoms with E-state index in [1.54, 1.807) is 21.1 Å². The van der Waals surface area contributed by atoms with Crippen LogP contribution < -0.4 is 9.47 Å². The second kappa shape index (κ2) is 5.29. The predicted molar refractivity (Wildman–Crippen MR) is 68.9 cm³/mol. The van der Waals surface area contributed by atoms with Crippen molar-refractivity contribution < 1.29 is 14.3 Å². The zero-order valence-electron chi connectivity index (χ0n) is 11.1. The number of benzene rings is 1.